The number of para-hydroxylation sites is 1. The lowest BCUT2D eigenvalue weighted by Crippen LogP contribution is -2.39. The summed E-state index contributed by atoms with van der Waals surface area (Å²) in [6, 6.07) is 11.3. The van der Waals surface area contributed by atoms with E-state index in [0.29, 0.717) is 18.8 Å². The van der Waals surface area contributed by atoms with E-state index in [1.54, 1.807) is 9.58 Å². The van der Waals surface area contributed by atoms with Crippen LogP contribution in [-0.4, -0.2) is 44.9 Å². The Morgan fingerprint density at radius 1 is 1.29 bits per heavy atom. The molecule has 2 N–H and O–H groups in total. The molecule has 0 radical (unpaired) electrons. The van der Waals surface area contributed by atoms with Gasteiger partial charge in [0.1, 0.15) is 5.82 Å². The topological polar surface area (TPSA) is 87.5 Å². The third-order valence-electron chi connectivity index (χ3n) is 6.14. The lowest BCUT2D eigenvalue weighted by Gasteiger charge is -2.23. The third-order valence-corrected chi connectivity index (χ3v) is 6.14. The summed E-state index contributed by atoms with van der Waals surface area (Å²) in [6.45, 7) is 4.88. The number of nitrogens with zero attached hydrogens (tertiary/aromatic N) is 3. The van der Waals surface area contributed by atoms with Gasteiger partial charge in [-0.1, -0.05) is 38.5 Å². The predicted molar refractivity (Wildman–Crippen MR) is 106 cm³/mol. The average Bonchev–Trinajstić information content (AvgIpc) is 3.34. The number of benzene rings is 1. The number of urea groups is 1. The van der Waals surface area contributed by atoms with Gasteiger partial charge in [0.2, 0.25) is 0 Å². The molecular weight excluding hydrogens is 356 g/mol. The van der Waals surface area contributed by atoms with E-state index in [9.17, 15) is 14.7 Å². The van der Waals surface area contributed by atoms with E-state index in [4.69, 9.17) is 0 Å². The van der Waals surface area contributed by atoms with Gasteiger partial charge in [-0.2, -0.15) is 5.10 Å². The van der Waals surface area contributed by atoms with Crippen molar-refractivity contribution >= 4 is 17.8 Å². The van der Waals surface area contributed by atoms with Crippen molar-refractivity contribution < 1.29 is 14.7 Å². The first-order valence-electron chi connectivity index (χ1n) is 9.85. The monoisotopic (exact) mass is 382 g/mol. The number of amides is 2. The molecule has 1 aromatic carbocycles. The number of likely N-dealkylation sites (tertiary alicyclic amines) is 1. The summed E-state index contributed by atoms with van der Waals surface area (Å²) in [5.41, 5.74) is 0.976. The van der Waals surface area contributed by atoms with Crippen molar-refractivity contribution in [2.45, 2.75) is 39.0 Å². The molecule has 1 aliphatic heterocycles. The molecule has 2 aromatic rings. The van der Waals surface area contributed by atoms with Crippen LogP contribution in [0.5, 0.6) is 0 Å². The van der Waals surface area contributed by atoms with Crippen molar-refractivity contribution in [2.75, 3.05) is 18.4 Å². The Morgan fingerprint density at radius 3 is 2.68 bits per heavy atom. The van der Waals surface area contributed by atoms with E-state index in [1.807, 2.05) is 36.4 Å². The second-order valence-electron chi connectivity index (χ2n) is 8.22. The minimum atomic E-state index is -0.778. The molecule has 2 aliphatic rings. The van der Waals surface area contributed by atoms with E-state index in [-0.39, 0.29) is 24.4 Å². The second-order valence-corrected chi connectivity index (χ2v) is 8.22. The van der Waals surface area contributed by atoms with Gasteiger partial charge >= 0.3 is 12.0 Å². The van der Waals surface area contributed by atoms with Gasteiger partial charge in [0.15, 0.2) is 0 Å². The fourth-order valence-electron chi connectivity index (χ4n) is 4.52. The highest BCUT2D eigenvalue weighted by atomic mass is 16.4. The molecule has 1 aliphatic carbocycles. The molecule has 148 valence electrons. The molecule has 7 heteroatoms. The van der Waals surface area contributed by atoms with Gasteiger partial charge in [0.05, 0.1) is 16.8 Å². The van der Waals surface area contributed by atoms with Crippen molar-refractivity contribution in [3.05, 3.63) is 42.1 Å². The van der Waals surface area contributed by atoms with Crippen LogP contribution < -0.4 is 5.32 Å². The SMILES string of the molecule is CC(C)c1cc(NC(=O)N2C[C@@H]3CCC[C@@]3(C(=O)O)C2)n(-c2ccccc2)n1. The number of aromatic nitrogens is 2. The molecule has 0 spiro atoms. The second kappa shape index (κ2) is 6.96. The van der Waals surface area contributed by atoms with Crippen molar-refractivity contribution in [3.8, 4) is 5.69 Å². The molecule has 0 bridgehead atoms. The van der Waals surface area contributed by atoms with E-state index in [0.717, 1.165) is 24.2 Å². The molecular formula is C21H26N4O3. The van der Waals surface area contributed by atoms with Gasteiger partial charge in [-0.15, -0.1) is 0 Å². The van der Waals surface area contributed by atoms with Crippen LogP contribution in [0, 0.1) is 11.3 Å². The van der Waals surface area contributed by atoms with Crippen LogP contribution in [0.3, 0.4) is 0 Å². The Morgan fingerprint density at radius 2 is 2.04 bits per heavy atom. The molecule has 7 nitrogen and oxygen atoms in total. The van der Waals surface area contributed by atoms with Gasteiger partial charge in [0, 0.05) is 19.2 Å². The normalized spacial score (nSPS) is 23.8. The number of aliphatic carboxylic acids is 1. The zero-order valence-corrected chi connectivity index (χ0v) is 16.3. The maximum atomic E-state index is 13.0. The summed E-state index contributed by atoms with van der Waals surface area (Å²) >= 11 is 0. The smallest absolute Gasteiger partial charge is 0.323 e. The highest BCUT2D eigenvalue weighted by molar-refractivity contribution is 5.90. The number of carboxylic acid groups (broad SMARTS) is 1. The average molecular weight is 382 g/mol. The Bertz CT molecular complexity index is 892. The zero-order valence-electron chi connectivity index (χ0n) is 16.3. The van der Waals surface area contributed by atoms with Gasteiger partial charge in [-0.3, -0.25) is 10.1 Å². The summed E-state index contributed by atoms with van der Waals surface area (Å²) in [5, 5.41) is 17.4. The summed E-state index contributed by atoms with van der Waals surface area (Å²) < 4.78 is 1.73. The number of carbonyl (C=O) groups excluding carboxylic acids is 1. The standard InChI is InChI=1S/C21H26N4O3/c1-14(2)17-11-18(25(23-17)16-8-4-3-5-9-16)22-20(28)24-12-15-7-6-10-21(15,13-24)19(26)27/h3-5,8-9,11,14-15H,6-7,10,12-13H2,1-2H3,(H,22,28)(H,26,27)/t15-,21+/m0/s1. The summed E-state index contributed by atoms with van der Waals surface area (Å²) in [6.07, 6.45) is 2.44. The fraction of sp³-hybridized carbons (Fsp3) is 0.476. The zero-order chi connectivity index (χ0) is 19.9. The predicted octanol–water partition coefficient (Wildman–Crippen LogP) is 3.71. The Hall–Kier alpha value is -2.83. The van der Waals surface area contributed by atoms with Crippen LogP contribution >= 0.6 is 0 Å². The lowest BCUT2D eigenvalue weighted by molar-refractivity contribution is -0.149. The maximum Gasteiger partial charge on any atom is 0.323 e. The Labute approximate surface area is 164 Å². The molecule has 1 saturated carbocycles. The van der Waals surface area contributed by atoms with Crippen LogP contribution in [0.1, 0.15) is 44.7 Å². The van der Waals surface area contributed by atoms with Gasteiger partial charge in [-0.25, -0.2) is 9.48 Å². The van der Waals surface area contributed by atoms with Crippen LogP contribution in [0.4, 0.5) is 10.6 Å². The van der Waals surface area contributed by atoms with Crippen LogP contribution in [0.15, 0.2) is 36.4 Å². The molecule has 1 saturated heterocycles. The van der Waals surface area contributed by atoms with Crippen LogP contribution in [-0.2, 0) is 4.79 Å². The molecule has 2 fully saturated rings. The van der Waals surface area contributed by atoms with E-state index in [2.05, 4.69) is 24.3 Å². The molecule has 4 rings (SSSR count). The molecule has 1 aromatic heterocycles. The van der Waals surface area contributed by atoms with Crippen molar-refractivity contribution in [3.63, 3.8) is 0 Å². The molecule has 2 amide bonds. The molecule has 0 unspecified atom stereocenters. The highest BCUT2D eigenvalue weighted by Gasteiger charge is 2.55. The number of carbonyl (C=O) groups is 2. The number of rotatable bonds is 4. The number of carboxylic acids is 1. The first-order valence-corrected chi connectivity index (χ1v) is 9.85. The maximum absolute atomic E-state index is 13.0. The number of anilines is 1. The minimum Gasteiger partial charge on any atom is -0.481 e. The molecule has 2 heterocycles. The number of hydrogen-bond acceptors (Lipinski definition) is 3. The Balaban J connectivity index is 1.58. The first-order chi connectivity index (χ1) is 13.4. The quantitative estimate of drug-likeness (QED) is 0.844. The third kappa shape index (κ3) is 3.04. The van der Waals surface area contributed by atoms with Crippen molar-refractivity contribution in [1.82, 2.24) is 14.7 Å². The molecule has 2 atom stereocenters. The number of nitrogens with one attached hydrogen (secondary N) is 1. The number of fused-ring (bicyclic) bond motifs is 1. The van der Waals surface area contributed by atoms with Crippen molar-refractivity contribution in [1.29, 1.82) is 0 Å². The number of hydrogen-bond donors (Lipinski definition) is 2. The van der Waals surface area contributed by atoms with Crippen LogP contribution in [0.2, 0.25) is 0 Å². The Kier molecular flexibility index (Phi) is 4.61. The fourth-order valence-corrected chi connectivity index (χ4v) is 4.52. The first kappa shape index (κ1) is 18.5. The molecule has 28 heavy (non-hydrogen) atoms. The minimum absolute atomic E-state index is 0.0426. The van der Waals surface area contributed by atoms with Crippen LogP contribution in [0.25, 0.3) is 5.69 Å². The summed E-state index contributed by atoms with van der Waals surface area (Å²) in [5.74, 6) is 0.0890. The lowest BCUT2D eigenvalue weighted by atomic mass is 9.81. The van der Waals surface area contributed by atoms with Gasteiger partial charge < -0.3 is 10.0 Å². The van der Waals surface area contributed by atoms with Gasteiger partial charge in [0.25, 0.3) is 0 Å². The van der Waals surface area contributed by atoms with Gasteiger partial charge in [-0.05, 0) is 36.8 Å². The van der Waals surface area contributed by atoms with E-state index >= 15 is 0 Å². The largest absolute Gasteiger partial charge is 0.481 e. The summed E-state index contributed by atoms with van der Waals surface area (Å²) in [4.78, 5) is 26.5. The van der Waals surface area contributed by atoms with E-state index < -0.39 is 11.4 Å². The summed E-state index contributed by atoms with van der Waals surface area (Å²) in [7, 11) is 0. The van der Waals surface area contributed by atoms with E-state index in [1.165, 1.54) is 0 Å². The van der Waals surface area contributed by atoms with Crippen molar-refractivity contribution in [2.24, 2.45) is 11.3 Å². The highest BCUT2D eigenvalue weighted by Crippen LogP contribution is 2.49.